The average molecular weight is 290 g/mol. The first kappa shape index (κ1) is 15.0. The smallest absolute Gasteiger partial charge is 0.303 e. The molecule has 1 aromatic rings. The van der Waals surface area contributed by atoms with Crippen LogP contribution in [0.2, 0.25) is 10.0 Å². The van der Waals surface area contributed by atoms with Crippen molar-refractivity contribution in [3.8, 4) is 0 Å². The molecule has 0 aliphatic carbocycles. The lowest BCUT2D eigenvalue weighted by Crippen LogP contribution is -2.34. The standard InChI is InChI=1S/C12H13Cl2NO3/c1-15-10(4-5-11(16)17)12(18)8-3-2-7(13)6-9(8)14/h2-3,6,10,15H,4-5H2,1H3,(H,16,17). The number of hydrogen-bond acceptors (Lipinski definition) is 3. The van der Waals surface area contributed by atoms with E-state index in [9.17, 15) is 9.59 Å². The Balaban J connectivity index is 2.86. The van der Waals surface area contributed by atoms with Crippen LogP contribution >= 0.6 is 23.2 Å². The zero-order valence-corrected chi connectivity index (χ0v) is 11.3. The van der Waals surface area contributed by atoms with E-state index in [1.165, 1.54) is 12.1 Å². The molecular formula is C12H13Cl2NO3. The number of carboxylic acid groups (broad SMARTS) is 1. The van der Waals surface area contributed by atoms with Crippen LogP contribution in [0.3, 0.4) is 0 Å². The summed E-state index contributed by atoms with van der Waals surface area (Å²) in [5.41, 5.74) is 0.339. The molecule has 1 unspecified atom stereocenters. The van der Waals surface area contributed by atoms with Gasteiger partial charge in [0.1, 0.15) is 0 Å². The highest BCUT2D eigenvalue weighted by molar-refractivity contribution is 6.37. The molecule has 6 heteroatoms. The topological polar surface area (TPSA) is 66.4 Å². The Morgan fingerprint density at radius 3 is 2.56 bits per heavy atom. The first-order valence-electron chi connectivity index (χ1n) is 5.34. The Bertz CT molecular complexity index is 463. The molecule has 1 aromatic carbocycles. The summed E-state index contributed by atoms with van der Waals surface area (Å²) < 4.78 is 0. The number of carboxylic acids is 1. The minimum absolute atomic E-state index is 0.0809. The van der Waals surface area contributed by atoms with E-state index in [1.54, 1.807) is 13.1 Å². The van der Waals surface area contributed by atoms with Gasteiger partial charge in [-0.05, 0) is 31.7 Å². The molecule has 1 atom stereocenters. The molecule has 0 aliphatic heterocycles. The summed E-state index contributed by atoms with van der Waals surface area (Å²) in [7, 11) is 1.61. The molecule has 0 spiro atoms. The van der Waals surface area contributed by atoms with Crippen LogP contribution in [-0.2, 0) is 4.79 Å². The number of benzene rings is 1. The van der Waals surface area contributed by atoms with Crippen LogP contribution in [-0.4, -0.2) is 29.9 Å². The number of rotatable bonds is 6. The molecule has 2 N–H and O–H groups in total. The van der Waals surface area contributed by atoms with E-state index in [1.807, 2.05) is 0 Å². The predicted molar refractivity (Wildman–Crippen MR) is 70.5 cm³/mol. The number of carbonyl (C=O) groups excluding carboxylic acids is 1. The van der Waals surface area contributed by atoms with Crippen LogP contribution in [0.1, 0.15) is 23.2 Å². The molecule has 0 aromatic heterocycles. The van der Waals surface area contributed by atoms with Crippen molar-refractivity contribution in [3.05, 3.63) is 33.8 Å². The Morgan fingerprint density at radius 2 is 2.06 bits per heavy atom. The van der Waals surface area contributed by atoms with Gasteiger partial charge >= 0.3 is 5.97 Å². The van der Waals surface area contributed by atoms with Gasteiger partial charge in [0.2, 0.25) is 0 Å². The number of ketones is 1. The summed E-state index contributed by atoms with van der Waals surface area (Å²) in [5, 5.41) is 12.1. The van der Waals surface area contributed by atoms with Crippen LogP contribution in [0.4, 0.5) is 0 Å². The van der Waals surface area contributed by atoms with Crippen molar-refractivity contribution in [1.82, 2.24) is 5.32 Å². The SMILES string of the molecule is CNC(CCC(=O)O)C(=O)c1ccc(Cl)cc1Cl. The maximum absolute atomic E-state index is 12.1. The molecule has 18 heavy (non-hydrogen) atoms. The minimum atomic E-state index is -0.940. The zero-order chi connectivity index (χ0) is 13.7. The molecule has 4 nitrogen and oxygen atoms in total. The monoisotopic (exact) mass is 289 g/mol. The van der Waals surface area contributed by atoms with Gasteiger partial charge in [0.25, 0.3) is 0 Å². The van der Waals surface area contributed by atoms with Gasteiger partial charge in [0.05, 0.1) is 11.1 Å². The molecule has 0 amide bonds. The van der Waals surface area contributed by atoms with Crippen molar-refractivity contribution in [2.24, 2.45) is 0 Å². The summed E-state index contributed by atoms with van der Waals surface area (Å²) in [6, 6.07) is 4.03. The second-order valence-electron chi connectivity index (χ2n) is 3.76. The van der Waals surface area contributed by atoms with E-state index in [4.69, 9.17) is 28.3 Å². The van der Waals surface area contributed by atoms with Gasteiger partial charge in [-0.15, -0.1) is 0 Å². The second kappa shape index (κ2) is 6.73. The van der Waals surface area contributed by atoms with Crippen LogP contribution in [0.5, 0.6) is 0 Å². The maximum Gasteiger partial charge on any atom is 0.303 e. The fourth-order valence-electron chi connectivity index (χ4n) is 1.55. The lowest BCUT2D eigenvalue weighted by molar-refractivity contribution is -0.137. The van der Waals surface area contributed by atoms with Gasteiger partial charge in [-0.1, -0.05) is 23.2 Å². The highest BCUT2D eigenvalue weighted by atomic mass is 35.5. The highest BCUT2D eigenvalue weighted by Crippen LogP contribution is 2.22. The van der Waals surface area contributed by atoms with Crippen molar-refractivity contribution in [2.75, 3.05) is 7.05 Å². The molecule has 0 saturated heterocycles. The number of aliphatic carboxylic acids is 1. The van der Waals surface area contributed by atoms with Crippen molar-refractivity contribution in [3.63, 3.8) is 0 Å². The number of carbonyl (C=O) groups is 2. The van der Waals surface area contributed by atoms with Gasteiger partial charge < -0.3 is 10.4 Å². The lowest BCUT2D eigenvalue weighted by Gasteiger charge is -2.14. The van der Waals surface area contributed by atoms with Gasteiger partial charge in [0.15, 0.2) is 5.78 Å². The van der Waals surface area contributed by atoms with E-state index in [0.717, 1.165) is 0 Å². The maximum atomic E-state index is 12.1. The second-order valence-corrected chi connectivity index (χ2v) is 4.61. The molecule has 0 heterocycles. The van der Waals surface area contributed by atoms with Crippen LogP contribution in [0, 0.1) is 0 Å². The number of hydrogen-bond donors (Lipinski definition) is 2. The third-order valence-corrected chi connectivity index (χ3v) is 3.06. The average Bonchev–Trinajstić information content (AvgIpc) is 2.29. The third-order valence-electron chi connectivity index (χ3n) is 2.51. The van der Waals surface area contributed by atoms with Crippen molar-refractivity contribution in [1.29, 1.82) is 0 Å². The van der Waals surface area contributed by atoms with Gasteiger partial charge in [-0.2, -0.15) is 0 Å². The Kier molecular flexibility index (Phi) is 5.59. The molecule has 0 fully saturated rings. The van der Waals surface area contributed by atoms with E-state index in [2.05, 4.69) is 5.32 Å². The fourth-order valence-corrected chi connectivity index (χ4v) is 2.05. The molecule has 98 valence electrons. The lowest BCUT2D eigenvalue weighted by atomic mass is 10.0. The minimum Gasteiger partial charge on any atom is -0.481 e. The Hall–Kier alpha value is -1.10. The van der Waals surface area contributed by atoms with E-state index >= 15 is 0 Å². The van der Waals surface area contributed by atoms with E-state index < -0.39 is 12.0 Å². The number of halogens is 2. The molecule has 0 aliphatic rings. The van der Waals surface area contributed by atoms with Crippen LogP contribution in [0.25, 0.3) is 0 Å². The fraction of sp³-hybridized carbons (Fsp3) is 0.333. The molecule has 0 radical (unpaired) electrons. The first-order chi connectivity index (χ1) is 8.45. The summed E-state index contributed by atoms with van der Waals surface area (Å²) in [6.45, 7) is 0. The normalized spacial score (nSPS) is 12.2. The summed E-state index contributed by atoms with van der Waals surface area (Å²) in [5.74, 6) is -1.18. The van der Waals surface area contributed by atoms with Crippen molar-refractivity contribution in [2.45, 2.75) is 18.9 Å². The molecule has 0 saturated carbocycles. The van der Waals surface area contributed by atoms with Gasteiger partial charge in [-0.3, -0.25) is 9.59 Å². The van der Waals surface area contributed by atoms with Crippen molar-refractivity contribution >= 4 is 35.0 Å². The summed E-state index contributed by atoms with van der Waals surface area (Å²) >= 11 is 11.7. The molecule has 1 rings (SSSR count). The van der Waals surface area contributed by atoms with Gasteiger partial charge in [-0.25, -0.2) is 0 Å². The summed E-state index contributed by atoms with van der Waals surface area (Å²) in [6.07, 6.45) is 0.131. The van der Waals surface area contributed by atoms with Crippen LogP contribution < -0.4 is 5.32 Å². The molecule has 0 bridgehead atoms. The Labute approximate surface area is 115 Å². The first-order valence-corrected chi connectivity index (χ1v) is 6.09. The number of likely N-dealkylation sites (N-methyl/N-ethyl adjacent to an activating group) is 1. The quantitative estimate of drug-likeness (QED) is 0.790. The predicted octanol–water partition coefficient (Wildman–Crippen LogP) is 2.63. The van der Waals surface area contributed by atoms with Crippen LogP contribution in [0.15, 0.2) is 18.2 Å². The van der Waals surface area contributed by atoms with Crippen molar-refractivity contribution < 1.29 is 14.7 Å². The van der Waals surface area contributed by atoms with E-state index in [-0.39, 0.29) is 23.6 Å². The highest BCUT2D eigenvalue weighted by Gasteiger charge is 2.21. The van der Waals surface area contributed by atoms with E-state index in [0.29, 0.717) is 10.6 Å². The number of nitrogens with one attached hydrogen (secondary N) is 1. The Morgan fingerprint density at radius 1 is 1.39 bits per heavy atom. The molecular weight excluding hydrogens is 277 g/mol. The largest absolute Gasteiger partial charge is 0.481 e. The summed E-state index contributed by atoms with van der Waals surface area (Å²) in [4.78, 5) is 22.6. The number of Topliss-reactive ketones (excluding diaryl/α,β-unsaturated/α-hetero) is 1. The van der Waals surface area contributed by atoms with Gasteiger partial charge in [0, 0.05) is 17.0 Å². The zero-order valence-electron chi connectivity index (χ0n) is 9.74. The third kappa shape index (κ3) is 3.98.